The van der Waals surface area contributed by atoms with Crippen LogP contribution in [0.2, 0.25) is 0 Å². The Bertz CT molecular complexity index is 296. The molecule has 1 heterocycles. The van der Waals surface area contributed by atoms with Gasteiger partial charge in [0.25, 0.3) is 0 Å². The average molecular weight is 226 g/mol. The summed E-state index contributed by atoms with van der Waals surface area (Å²) in [5.41, 5.74) is 5.64. The molecular weight excluding hydrogens is 208 g/mol. The van der Waals surface area contributed by atoms with E-state index in [4.69, 9.17) is 5.73 Å². The van der Waals surface area contributed by atoms with Crippen molar-refractivity contribution >= 4 is 23.4 Å². The molecule has 1 aromatic rings. The van der Waals surface area contributed by atoms with Crippen LogP contribution in [0.15, 0.2) is 6.07 Å². The molecular formula is C10H18N4S. The van der Waals surface area contributed by atoms with Crippen LogP contribution in [0, 0.1) is 6.92 Å². The molecule has 0 aliphatic carbocycles. The number of nitrogens with zero attached hydrogens (tertiary/aromatic N) is 2. The number of hydrogen-bond donors (Lipinski definition) is 2. The third kappa shape index (κ3) is 4.38. The maximum atomic E-state index is 5.64. The van der Waals surface area contributed by atoms with Gasteiger partial charge in [0.1, 0.15) is 17.5 Å². The summed E-state index contributed by atoms with van der Waals surface area (Å²) < 4.78 is 0. The second kappa shape index (κ2) is 5.80. The van der Waals surface area contributed by atoms with Crippen molar-refractivity contribution in [1.29, 1.82) is 0 Å². The number of nitrogen functional groups attached to an aromatic ring is 1. The Morgan fingerprint density at radius 2 is 2.27 bits per heavy atom. The lowest BCUT2D eigenvalue weighted by atomic mass is 10.4. The van der Waals surface area contributed by atoms with Gasteiger partial charge in [-0.25, -0.2) is 9.97 Å². The molecule has 1 aromatic heterocycles. The van der Waals surface area contributed by atoms with Gasteiger partial charge in [-0.1, -0.05) is 6.92 Å². The minimum atomic E-state index is 0.392. The van der Waals surface area contributed by atoms with E-state index in [1.165, 1.54) is 0 Å². The van der Waals surface area contributed by atoms with Gasteiger partial charge in [-0.05, 0) is 19.6 Å². The molecule has 0 aliphatic rings. The standard InChI is InChI=1S/C10H18N4S/c1-4-15-6-7(2)12-10-5-9(11)13-8(3)14-10/h5,7H,4,6H2,1-3H3,(H3,11,12,13,14). The zero-order valence-corrected chi connectivity index (χ0v) is 10.3. The molecule has 3 N–H and O–H groups in total. The molecule has 0 fully saturated rings. The Hall–Kier alpha value is -0.970. The number of thioether (sulfide) groups is 1. The summed E-state index contributed by atoms with van der Waals surface area (Å²) in [6.07, 6.45) is 0. The molecule has 0 aromatic carbocycles. The lowest BCUT2D eigenvalue weighted by Gasteiger charge is -2.14. The number of hydrogen-bond acceptors (Lipinski definition) is 5. The van der Waals surface area contributed by atoms with E-state index in [9.17, 15) is 0 Å². The number of anilines is 2. The monoisotopic (exact) mass is 226 g/mol. The fraction of sp³-hybridized carbons (Fsp3) is 0.600. The highest BCUT2D eigenvalue weighted by atomic mass is 32.2. The average Bonchev–Trinajstić information content (AvgIpc) is 2.13. The van der Waals surface area contributed by atoms with Gasteiger partial charge in [-0.3, -0.25) is 0 Å². The Labute approximate surface area is 95.1 Å². The van der Waals surface area contributed by atoms with Gasteiger partial charge >= 0.3 is 0 Å². The van der Waals surface area contributed by atoms with Gasteiger partial charge in [-0.15, -0.1) is 0 Å². The van der Waals surface area contributed by atoms with Gasteiger partial charge in [0, 0.05) is 17.9 Å². The van der Waals surface area contributed by atoms with Crippen molar-refractivity contribution in [2.45, 2.75) is 26.8 Å². The lowest BCUT2D eigenvalue weighted by molar-refractivity contribution is 0.893. The molecule has 5 heteroatoms. The molecule has 4 nitrogen and oxygen atoms in total. The summed E-state index contributed by atoms with van der Waals surface area (Å²) in [5, 5.41) is 3.31. The molecule has 0 amide bonds. The van der Waals surface area contributed by atoms with Crippen molar-refractivity contribution < 1.29 is 0 Å². The van der Waals surface area contributed by atoms with Gasteiger partial charge in [0.15, 0.2) is 0 Å². The van der Waals surface area contributed by atoms with Crippen LogP contribution in [0.25, 0.3) is 0 Å². The number of nitrogens with one attached hydrogen (secondary N) is 1. The second-order valence-electron chi connectivity index (χ2n) is 3.43. The van der Waals surface area contributed by atoms with Crippen LogP contribution in [-0.4, -0.2) is 27.5 Å². The first-order valence-corrected chi connectivity index (χ1v) is 6.22. The quantitative estimate of drug-likeness (QED) is 0.803. The molecule has 0 bridgehead atoms. The largest absolute Gasteiger partial charge is 0.384 e. The van der Waals surface area contributed by atoms with Gasteiger partial charge in [0.2, 0.25) is 0 Å². The fourth-order valence-corrected chi connectivity index (χ4v) is 1.93. The maximum Gasteiger partial charge on any atom is 0.132 e. The molecule has 0 saturated heterocycles. The van der Waals surface area contributed by atoms with E-state index in [2.05, 4.69) is 29.1 Å². The Balaban J connectivity index is 2.56. The van der Waals surface area contributed by atoms with E-state index < -0.39 is 0 Å². The fourth-order valence-electron chi connectivity index (χ4n) is 1.25. The van der Waals surface area contributed by atoms with Gasteiger partial charge < -0.3 is 11.1 Å². The minimum absolute atomic E-state index is 0.392. The SMILES string of the molecule is CCSCC(C)Nc1cc(N)nc(C)n1. The molecule has 0 saturated carbocycles. The molecule has 0 radical (unpaired) electrons. The highest BCUT2D eigenvalue weighted by Crippen LogP contribution is 2.11. The van der Waals surface area contributed by atoms with Crippen molar-refractivity contribution in [2.24, 2.45) is 0 Å². The van der Waals surface area contributed by atoms with Crippen molar-refractivity contribution in [1.82, 2.24) is 9.97 Å². The topological polar surface area (TPSA) is 63.8 Å². The minimum Gasteiger partial charge on any atom is -0.384 e. The molecule has 84 valence electrons. The summed E-state index contributed by atoms with van der Waals surface area (Å²) in [5.74, 6) is 4.23. The zero-order valence-electron chi connectivity index (χ0n) is 9.45. The van der Waals surface area contributed by atoms with Crippen molar-refractivity contribution in [3.05, 3.63) is 11.9 Å². The van der Waals surface area contributed by atoms with Crippen LogP contribution < -0.4 is 11.1 Å². The first kappa shape index (κ1) is 12.1. The third-order valence-corrected chi connectivity index (χ3v) is 2.97. The van der Waals surface area contributed by atoms with E-state index in [0.717, 1.165) is 17.3 Å². The molecule has 0 spiro atoms. The van der Waals surface area contributed by atoms with Crippen molar-refractivity contribution in [2.75, 3.05) is 22.6 Å². The molecule has 1 rings (SSSR count). The smallest absolute Gasteiger partial charge is 0.132 e. The number of aryl methyl sites for hydroxylation is 1. The van der Waals surface area contributed by atoms with Crippen LogP contribution in [0.5, 0.6) is 0 Å². The molecule has 1 atom stereocenters. The summed E-state index contributed by atoms with van der Waals surface area (Å²) >= 11 is 1.91. The predicted octanol–water partition coefficient (Wildman–Crippen LogP) is 1.92. The lowest BCUT2D eigenvalue weighted by Crippen LogP contribution is -2.19. The normalized spacial score (nSPS) is 12.5. The van der Waals surface area contributed by atoms with Crippen LogP contribution in [-0.2, 0) is 0 Å². The van der Waals surface area contributed by atoms with E-state index in [1.54, 1.807) is 6.07 Å². The number of rotatable bonds is 5. The van der Waals surface area contributed by atoms with Crippen LogP contribution in [0.4, 0.5) is 11.6 Å². The zero-order chi connectivity index (χ0) is 11.3. The van der Waals surface area contributed by atoms with Crippen LogP contribution >= 0.6 is 11.8 Å². The molecule has 15 heavy (non-hydrogen) atoms. The van der Waals surface area contributed by atoms with E-state index in [1.807, 2.05) is 18.7 Å². The van der Waals surface area contributed by atoms with Crippen molar-refractivity contribution in [3.8, 4) is 0 Å². The Morgan fingerprint density at radius 3 is 2.87 bits per heavy atom. The van der Waals surface area contributed by atoms with Crippen molar-refractivity contribution in [3.63, 3.8) is 0 Å². The van der Waals surface area contributed by atoms with Gasteiger partial charge in [0.05, 0.1) is 0 Å². The summed E-state index contributed by atoms with van der Waals surface area (Å²) in [6.45, 7) is 6.13. The number of aromatic nitrogens is 2. The van der Waals surface area contributed by atoms with Gasteiger partial charge in [-0.2, -0.15) is 11.8 Å². The van der Waals surface area contributed by atoms with E-state index in [-0.39, 0.29) is 0 Å². The second-order valence-corrected chi connectivity index (χ2v) is 4.75. The Kier molecular flexibility index (Phi) is 4.68. The summed E-state index contributed by atoms with van der Waals surface area (Å²) in [4.78, 5) is 8.30. The Morgan fingerprint density at radius 1 is 1.53 bits per heavy atom. The predicted molar refractivity (Wildman–Crippen MR) is 67.3 cm³/mol. The number of nitrogens with two attached hydrogens (primary N) is 1. The maximum absolute atomic E-state index is 5.64. The van der Waals surface area contributed by atoms with E-state index >= 15 is 0 Å². The highest BCUT2D eigenvalue weighted by molar-refractivity contribution is 7.99. The molecule has 0 aliphatic heterocycles. The summed E-state index contributed by atoms with van der Waals surface area (Å²) in [6, 6.07) is 2.16. The third-order valence-electron chi connectivity index (χ3n) is 1.82. The van der Waals surface area contributed by atoms with E-state index in [0.29, 0.717) is 17.7 Å². The first-order valence-electron chi connectivity index (χ1n) is 5.07. The van der Waals surface area contributed by atoms with Crippen LogP contribution in [0.1, 0.15) is 19.7 Å². The van der Waals surface area contributed by atoms with Crippen LogP contribution in [0.3, 0.4) is 0 Å². The highest BCUT2D eigenvalue weighted by Gasteiger charge is 2.04. The first-order chi connectivity index (χ1) is 7.11. The molecule has 1 unspecified atom stereocenters. The summed E-state index contributed by atoms with van der Waals surface area (Å²) in [7, 11) is 0.